The van der Waals surface area contributed by atoms with Crippen molar-refractivity contribution < 1.29 is 4.79 Å². The lowest BCUT2D eigenvalue weighted by Gasteiger charge is -2.23. The van der Waals surface area contributed by atoms with E-state index in [4.69, 9.17) is 4.98 Å². The van der Waals surface area contributed by atoms with E-state index in [0.29, 0.717) is 0 Å². The summed E-state index contributed by atoms with van der Waals surface area (Å²) in [4.78, 5) is 27.3. The molecule has 1 saturated heterocycles. The van der Waals surface area contributed by atoms with Gasteiger partial charge in [0.05, 0.1) is 23.4 Å². The Hall–Kier alpha value is -3.41. The molecule has 0 spiro atoms. The van der Waals surface area contributed by atoms with Gasteiger partial charge in [0.1, 0.15) is 5.82 Å². The molecule has 4 aromatic rings. The van der Waals surface area contributed by atoms with Crippen molar-refractivity contribution in [2.45, 2.75) is 25.4 Å². The number of carbonyl (C=O) groups is 1. The molecule has 5 rings (SSSR count). The molecule has 2 aromatic heterocycles. The summed E-state index contributed by atoms with van der Waals surface area (Å²) in [5, 5.41) is 0. The van der Waals surface area contributed by atoms with Gasteiger partial charge >= 0.3 is 0 Å². The van der Waals surface area contributed by atoms with Crippen molar-refractivity contribution >= 4 is 16.9 Å². The molecule has 0 unspecified atom stereocenters. The van der Waals surface area contributed by atoms with Gasteiger partial charge in [-0.3, -0.25) is 4.79 Å². The number of fused-ring (bicyclic) bond motifs is 1. The van der Waals surface area contributed by atoms with Crippen molar-refractivity contribution in [1.82, 2.24) is 24.4 Å². The number of likely N-dealkylation sites (tertiary alicyclic amines) is 1. The first-order chi connectivity index (χ1) is 13.8. The van der Waals surface area contributed by atoms with Crippen LogP contribution >= 0.6 is 0 Å². The first-order valence-corrected chi connectivity index (χ1v) is 9.58. The minimum Gasteiger partial charge on any atom is -0.340 e. The molecular weight excluding hydrogens is 350 g/mol. The van der Waals surface area contributed by atoms with Crippen molar-refractivity contribution in [2.24, 2.45) is 0 Å². The maximum Gasteiger partial charge on any atom is 0.254 e. The van der Waals surface area contributed by atoms with Crippen molar-refractivity contribution in [2.75, 3.05) is 6.54 Å². The molecule has 0 bridgehead atoms. The summed E-state index contributed by atoms with van der Waals surface area (Å²) in [6, 6.07) is 15.9. The number of nitrogens with zero attached hydrogens (tertiary/aromatic N) is 4. The Morgan fingerprint density at radius 1 is 1.14 bits per heavy atom. The number of amides is 1. The maximum absolute atomic E-state index is 13.1. The number of rotatable bonds is 4. The summed E-state index contributed by atoms with van der Waals surface area (Å²) in [6.45, 7) is 1.51. The lowest BCUT2D eigenvalue weighted by Crippen LogP contribution is -2.31. The maximum atomic E-state index is 13.1. The van der Waals surface area contributed by atoms with E-state index in [1.807, 2.05) is 64.2 Å². The predicted molar refractivity (Wildman–Crippen MR) is 107 cm³/mol. The highest BCUT2D eigenvalue weighted by Crippen LogP contribution is 2.32. The van der Waals surface area contributed by atoms with E-state index in [1.54, 1.807) is 12.5 Å². The third-order valence-electron chi connectivity index (χ3n) is 5.36. The van der Waals surface area contributed by atoms with E-state index in [2.05, 4.69) is 9.97 Å². The number of nitrogens with one attached hydrogen (secondary N) is 1. The molecule has 140 valence electrons. The van der Waals surface area contributed by atoms with Crippen LogP contribution in [0.4, 0.5) is 0 Å². The Balaban J connectivity index is 1.36. The predicted octanol–water partition coefficient (Wildman–Crippen LogP) is 3.79. The number of imidazole rings is 2. The fourth-order valence-corrected chi connectivity index (χ4v) is 3.93. The molecule has 1 amide bonds. The molecular formula is C22H21N5O. The first kappa shape index (κ1) is 16.7. The summed E-state index contributed by atoms with van der Waals surface area (Å²) in [7, 11) is 0. The Labute approximate surface area is 162 Å². The zero-order valence-electron chi connectivity index (χ0n) is 15.5. The van der Waals surface area contributed by atoms with Crippen LogP contribution in [0.25, 0.3) is 11.0 Å². The van der Waals surface area contributed by atoms with Crippen molar-refractivity contribution in [1.29, 1.82) is 0 Å². The number of aromatic nitrogens is 4. The summed E-state index contributed by atoms with van der Waals surface area (Å²) >= 11 is 0. The molecule has 3 heterocycles. The Morgan fingerprint density at radius 3 is 2.79 bits per heavy atom. The van der Waals surface area contributed by atoms with Crippen LogP contribution in [0.3, 0.4) is 0 Å². The molecule has 6 nitrogen and oxygen atoms in total. The van der Waals surface area contributed by atoms with Crippen LogP contribution in [0.15, 0.2) is 67.3 Å². The third-order valence-corrected chi connectivity index (χ3v) is 5.36. The minimum atomic E-state index is 0.00512. The largest absolute Gasteiger partial charge is 0.340 e. The van der Waals surface area contributed by atoms with E-state index < -0.39 is 0 Å². The summed E-state index contributed by atoms with van der Waals surface area (Å²) in [6.07, 6.45) is 7.42. The smallest absolute Gasteiger partial charge is 0.254 e. The first-order valence-electron chi connectivity index (χ1n) is 9.58. The molecule has 6 heteroatoms. The van der Waals surface area contributed by atoms with Gasteiger partial charge in [-0.15, -0.1) is 0 Å². The van der Waals surface area contributed by atoms with Gasteiger partial charge in [-0.05, 0) is 42.7 Å². The molecule has 1 N–H and O–H groups in total. The highest BCUT2D eigenvalue weighted by Gasteiger charge is 2.32. The fourth-order valence-electron chi connectivity index (χ4n) is 3.93. The lowest BCUT2D eigenvalue weighted by atomic mass is 10.1. The average molecular weight is 371 g/mol. The van der Waals surface area contributed by atoms with E-state index in [9.17, 15) is 4.79 Å². The molecule has 1 aliphatic heterocycles. The molecule has 1 aliphatic rings. The van der Waals surface area contributed by atoms with Gasteiger partial charge in [0.15, 0.2) is 0 Å². The van der Waals surface area contributed by atoms with E-state index in [-0.39, 0.29) is 11.9 Å². The van der Waals surface area contributed by atoms with Gasteiger partial charge < -0.3 is 14.5 Å². The quantitative estimate of drug-likeness (QED) is 0.594. The van der Waals surface area contributed by atoms with Crippen molar-refractivity contribution in [3.05, 3.63) is 84.2 Å². The number of aromatic amines is 1. The molecule has 0 saturated carbocycles. The van der Waals surface area contributed by atoms with Gasteiger partial charge in [-0.1, -0.05) is 24.3 Å². The van der Waals surface area contributed by atoms with Gasteiger partial charge in [-0.25, -0.2) is 9.97 Å². The number of carbonyl (C=O) groups excluding carboxylic acids is 1. The van der Waals surface area contributed by atoms with Crippen molar-refractivity contribution in [3.63, 3.8) is 0 Å². The Morgan fingerprint density at radius 2 is 2.00 bits per heavy atom. The Bertz CT molecular complexity index is 1060. The van der Waals surface area contributed by atoms with Gasteiger partial charge in [0.25, 0.3) is 5.91 Å². The normalized spacial score (nSPS) is 16.7. The number of H-pyrrole nitrogens is 1. The van der Waals surface area contributed by atoms with Crippen LogP contribution in [0.2, 0.25) is 0 Å². The average Bonchev–Trinajstić information content (AvgIpc) is 3.47. The summed E-state index contributed by atoms with van der Waals surface area (Å²) < 4.78 is 2.01. The van der Waals surface area contributed by atoms with E-state index in [0.717, 1.165) is 53.9 Å². The molecule has 2 aromatic carbocycles. The highest BCUT2D eigenvalue weighted by atomic mass is 16.2. The molecule has 1 atom stereocenters. The second-order valence-corrected chi connectivity index (χ2v) is 7.23. The SMILES string of the molecule is O=C(c1ccc(Cn2ccnc2)cc1)N1CCC[C@@H]1c1nc2ccccc2[nH]1. The minimum absolute atomic E-state index is 0.00512. The summed E-state index contributed by atoms with van der Waals surface area (Å²) in [5.74, 6) is 0.945. The zero-order valence-corrected chi connectivity index (χ0v) is 15.5. The fraction of sp³-hybridized carbons (Fsp3) is 0.227. The van der Waals surface area contributed by atoms with Crippen LogP contribution in [-0.4, -0.2) is 36.9 Å². The van der Waals surface area contributed by atoms with E-state index in [1.165, 1.54) is 0 Å². The topological polar surface area (TPSA) is 66.8 Å². The third kappa shape index (κ3) is 3.07. The van der Waals surface area contributed by atoms with E-state index >= 15 is 0 Å². The van der Waals surface area contributed by atoms with Crippen LogP contribution in [0.1, 0.15) is 40.6 Å². The number of para-hydroxylation sites is 2. The second kappa shape index (κ2) is 6.96. The zero-order chi connectivity index (χ0) is 18.9. The Kier molecular flexibility index (Phi) is 4.16. The number of hydrogen-bond donors (Lipinski definition) is 1. The van der Waals surface area contributed by atoms with Gasteiger partial charge in [0.2, 0.25) is 0 Å². The molecule has 1 fully saturated rings. The number of benzene rings is 2. The molecule has 0 aliphatic carbocycles. The van der Waals surface area contributed by atoms with Crippen molar-refractivity contribution in [3.8, 4) is 0 Å². The summed E-state index contributed by atoms with van der Waals surface area (Å²) in [5.41, 5.74) is 3.82. The molecule has 0 radical (unpaired) electrons. The van der Waals surface area contributed by atoms with Crippen LogP contribution in [-0.2, 0) is 6.54 Å². The standard InChI is InChI=1S/C22H21N5O/c28-22(17-9-7-16(8-10-17)14-26-13-11-23-15-26)27-12-3-6-20(27)21-24-18-4-1-2-5-19(18)25-21/h1-2,4-5,7-11,13,15,20H,3,6,12,14H2,(H,24,25)/t20-/m1/s1. The second-order valence-electron chi connectivity index (χ2n) is 7.23. The number of hydrogen-bond acceptors (Lipinski definition) is 3. The monoisotopic (exact) mass is 371 g/mol. The van der Waals surface area contributed by atoms with Crippen LogP contribution in [0.5, 0.6) is 0 Å². The van der Waals surface area contributed by atoms with Gasteiger partial charge in [-0.2, -0.15) is 0 Å². The highest BCUT2D eigenvalue weighted by molar-refractivity contribution is 5.94. The van der Waals surface area contributed by atoms with Crippen LogP contribution < -0.4 is 0 Å². The lowest BCUT2D eigenvalue weighted by molar-refractivity contribution is 0.0730. The van der Waals surface area contributed by atoms with Gasteiger partial charge in [0, 0.05) is 31.0 Å². The molecule has 28 heavy (non-hydrogen) atoms. The van der Waals surface area contributed by atoms with Crippen LogP contribution in [0, 0.1) is 0 Å².